The van der Waals surface area contributed by atoms with Gasteiger partial charge in [-0.3, -0.25) is 4.98 Å². The van der Waals surface area contributed by atoms with E-state index < -0.39 is 0 Å². The van der Waals surface area contributed by atoms with Crippen molar-refractivity contribution in [2.75, 3.05) is 82.8 Å². The highest BCUT2D eigenvalue weighted by atomic mass is 16.5. The third-order valence-corrected chi connectivity index (χ3v) is 9.04. The van der Waals surface area contributed by atoms with Crippen LogP contribution >= 0.6 is 0 Å². The van der Waals surface area contributed by atoms with Crippen molar-refractivity contribution in [2.24, 2.45) is 0 Å². The van der Waals surface area contributed by atoms with Crippen LogP contribution in [0.4, 0.5) is 16.2 Å². The maximum atomic E-state index is 13.0. The van der Waals surface area contributed by atoms with Crippen LogP contribution in [0.1, 0.15) is 43.6 Å². The number of ether oxygens (including phenoxy) is 1. The Morgan fingerprint density at radius 3 is 2.44 bits per heavy atom. The molecule has 8 heteroatoms. The molecular formula is C33H44N6O2. The van der Waals surface area contributed by atoms with Gasteiger partial charge >= 0.3 is 6.03 Å². The van der Waals surface area contributed by atoms with Gasteiger partial charge in [-0.05, 0) is 93.1 Å². The Balaban J connectivity index is 0.989. The predicted octanol–water partition coefficient (Wildman–Crippen LogP) is 5.26. The van der Waals surface area contributed by atoms with E-state index in [1.807, 2.05) is 23.2 Å². The summed E-state index contributed by atoms with van der Waals surface area (Å²) in [6.45, 7) is 10.2. The molecule has 6 rings (SSSR count). The van der Waals surface area contributed by atoms with Gasteiger partial charge in [-0.1, -0.05) is 0 Å². The highest BCUT2D eigenvalue weighted by molar-refractivity contribution is 5.89. The average molecular weight is 557 g/mol. The molecule has 0 radical (unpaired) electrons. The summed E-state index contributed by atoms with van der Waals surface area (Å²) in [4.78, 5) is 26.9. The minimum Gasteiger partial charge on any atom is -0.493 e. The summed E-state index contributed by atoms with van der Waals surface area (Å²) in [6, 6.07) is 16.7. The lowest BCUT2D eigenvalue weighted by molar-refractivity contribution is 0.145. The Morgan fingerprint density at radius 2 is 1.68 bits per heavy atom. The number of fused-ring (bicyclic) bond motifs is 1. The van der Waals surface area contributed by atoms with E-state index in [0.29, 0.717) is 5.92 Å². The molecule has 3 aliphatic rings. The fraction of sp³-hybridized carbons (Fsp3) is 0.515. The number of nitrogens with zero attached hydrogens (tertiary/aromatic N) is 5. The van der Waals surface area contributed by atoms with E-state index in [-0.39, 0.29) is 6.03 Å². The highest BCUT2D eigenvalue weighted by Gasteiger charge is 2.25. The van der Waals surface area contributed by atoms with Crippen molar-refractivity contribution in [2.45, 2.75) is 38.0 Å². The maximum Gasteiger partial charge on any atom is 0.321 e. The van der Waals surface area contributed by atoms with Crippen molar-refractivity contribution in [1.29, 1.82) is 0 Å². The Labute approximate surface area is 244 Å². The number of aromatic nitrogens is 1. The van der Waals surface area contributed by atoms with Gasteiger partial charge in [0.05, 0.1) is 12.1 Å². The van der Waals surface area contributed by atoms with Gasteiger partial charge in [-0.25, -0.2) is 4.79 Å². The van der Waals surface area contributed by atoms with Crippen LogP contribution in [-0.4, -0.2) is 98.3 Å². The SMILES string of the molecule is CN1CCN(CCCOc2ccc3c(C4CCN(C(=O)Nc5ccc(N6CCCC6)cc5)CC4)ccnc3c2)CC1. The number of likely N-dealkylation sites (tertiary alicyclic amines) is 1. The lowest BCUT2D eigenvalue weighted by atomic mass is 9.87. The second-order valence-corrected chi connectivity index (χ2v) is 11.9. The molecule has 218 valence electrons. The molecule has 0 spiro atoms. The number of hydrogen-bond acceptors (Lipinski definition) is 6. The maximum absolute atomic E-state index is 13.0. The van der Waals surface area contributed by atoms with Crippen molar-refractivity contribution in [3.8, 4) is 5.75 Å². The zero-order valence-electron chi connectivity index (χ0n) is 24.4. The van der Waals surface area contributed by atoms with Gasteiger partial charge < -0.3 is 29.7 Å². The average Bonchev–Trinajstić information content (AvgIpc) is 3.56. The van der Waals surface area contributed by atoms with Crippen LogP contribution in [-0.2, 0) is 0 Å². The quantitative estimate of drug-likeness (QED) is 0.382. The standard InChI is InChI=1S/C33H44N6O2/c1-36-20-22-37(23-21-36)15-4-24-41-29-9-10-31-30(11-14-34-32(31)25-29)26-12-18-39(19-13-26)33(40)35-27-5-7-28(8-6-27)38-16-2-3-17-38/h5-11,14,25-26H,2-4,12-13,15-24H2,1H3,(H,35,40). The van der Waals surface area contributed by atoms with Crippen LogP contribution in [0.15, 0.2) is 54.7 Å². The van der Waals surface area contributed by atoms with E-state index in [1.165, 1.54) is 29.5 Å². The minimum absolute atomic E-state index is 0.00799. The number of rotatable bonds is 8. The minimum atomic E-state index is -0.00799. The summed E-state index contributed by atoms with van der Waals surface area (Å²) >= 11 is 0. The topological polar surface area (TPSA) is 64.2 Å². The van der Waals surface area contributed by atoms with Crippen molar-refractivity contribution in [1.82, 2.24) is 19.7 Å². The molecule has 0 bridgehead atoms. The third kappa shape index (κ3) is 6.93. The van der Waals surface area contributed by atoms with E-state index in [1.54, 1.807) is 0 Å². The second-order valence-electron chi connectivity index (χ2n) is 11.9. The van der Waals surface area contributed by atoms with Gasteiger partial charge in [-0.2, -0.15) is 0 Å². The molecule has 3 saturated heterocycles. The zero-order valence-corrected chi connectivity index (χ0v) is 24.4. The largest absolute Gasteiger partial charge is 0.493 e. The Bertz CT molecular complexity index is 1290. The molecule has 0 saturated carbocycles. The van der Waals surface area contributed by atoms with E-state index in [0.717, 1.165) is 102 Å². The van der Waals surface area contributed by atoms with Gasteiger partial charge in [0.2, 0.25) is 0 Å². The summed E-state index contributed by atoms with van der Waals surface area (Å²) in [5.74, 6) is 1.31. The van der Waals surface area contributed by atoms with Crippen molar-refractivity contribution < 1.29 is 9.53 Å². The van der Waals surface area contributed by atoms with Crippen LogP contribution in [0.2, 0.25) is 0 Å². The monoisotopic (exact) mass is 556 g/mol. The number of amides is 2. The smallest absolute Gasteiger partial charge is 0.321 e. The van der Waals surface area contributed by atoms with Crippen LogP contribution in [0.5, 0.6) is 5.75 Å². The van der Waals surface area contributed by atoms with E-state index >= 15 is 0 Å². The Morgan fingerprint density at radius 1 is 0.927 bits per heavy atom. The molecule has 0 unspecified atom stereocenters. The second kappa shape index (κ2) is 13.1. The molecule has 3 aliphatic heterocycles. The normalized spacial score (nSPS) is 19.1. The summed E-state index contributed by atoms with van der Waals surface area (Å²) in [6.07, 6.45) is 7.37. The number of piperidine rings is 1. The Kier molecular flexibility index (Phi) is 8.87. The molecule has 2 amide bonds. The number of anilines is 2. The number of pyridine rings is 1. The lowest BCUT2D eigenvalue weighted by Gasteiger charge is -2.32. The molecule has 2 aromatic carbocycles. The number of hydrogen-bond donors (Lipinski definition) is 1. The van der Waals surface area contributed by atoms with E-state index in [2.05, 4.69) is 68.4 Å². The van der Waals surface area contributed by atoms with Crippen molar-refractivity contribution in [3.63, 3.8) is 0 Å². The molecule has 3 aromatic rings. The van der Waals surface area contributed by atoms with Crippen LogP contribution in [0.3, 0.4) is 0 Å². The summed E-state index contributed by atoms with van der Waals surface area (Å²) in [7, 11) is 2.19. The first-order chi connectivity index (χ1) is 20.1. The number of urea groups is 1. The number of carbonyl (C=O) groups is 1. The number of carbonyl (C=O) groups excluding carboxylic acids is 1. The first-order valence-electron chi connectivity index (χ1n) is 15.5. The molecule has 1 aromatic heterocycles. The summed E-state index contributed by atoms with van der Waals surface area (Å²) < 4.78 is 6.10. The van der Waals surface area contributed by atoms with E-state index in [9.17, 15) is 4.79 Å². The Hall–Kier alpha value is -3.36. The number of nitrogens with one attached hydrogen (secondary N) is 1. The van der Waals surface area contributed by atoms with Gasteiger partial charge in [0.25, 0.3) is 0 Å². The fourth-order valence-corrected chi connectivity index (χ4v) is 6.47. The molecular weight excluding hydrogens is 512 g/mol. The fourth-order valence-electron chi connectivity index (χ4n) is 6.47. The van der Waals surface area contributed by atoms with Crippen LogP contribution < -0.4 is 15.0 Å². The molecule has 8 nitrogen and oxygen atoms in total. The summed E-state index contributed by atoms with van der Waals surface area (Å²) in [5, 5.41) is 4.29. The van der Waals surface area contributed by atoms with Gasteiger partial charge in [0, 0.05) is 87.9 Å². The molecule has 3 fully saturated rings. The number of likely N-dealkylation sites (N-methyl/N-ethyl adjacent to an activating group) is 1. The highest BCUT2D eigenvalue weighted by Crippen LogP contribution is 2.34. The third-order valence-electron chi connectivity index (χ3n) is 9.04. The van der Waals surface area contributed by atoms with Crippen molar-refractivity contribution >= 4 is 28.3 Å². The van der Waals surface area contributed by atoms with Gasteiger partial charge in [-0.15, -0.1) is 0 Å². The van der Waals surface area contributed by atoms with E-state index in [4.69, 9.17) is 4.74 Å². The van der Waals surface area contributed by atoms with Gasteiger partial charge in [0.15, 0.2) is 0 Å². The first kappa shape index (κ1) is 27.8. The number of benzene rings is 2. The lowest BCUT2D eigenvalue weighted by Crippen LogP contribution is -2.44. The summed E-state index contributed by atoms with van der Waals surface area (Å²) in [5.41, 5.74) is 4.41. The van der Waals surface area contributed by atoms with Gasteiger partial charge in [0.1, 0.15) is 5.75 Å². The van der Waals surface area contributed by atoms with Crippen molar-refractivity contribution in [3.05, 3.63) is 60.3 Å². The van der Waals surface area contributed by atoms with Crippen LogP contribution in [0, 0.1) is 0 Å². The molecule has 0 aliphatic carbocycles. The number of piperazine rings is 1. The molecule has 0 atom stereocenters. The predicted molar refractivity (Wildman–Crippen MR) is 166 cm³/mol. The molecule has 4 heterocycles. The first-order valence-corrected chi connectivity index (χ1v) is 15.5. The molecule has 1 N–H and O–H groups in total. The molecule has 41 heavy (non-hydrogen) atoms. The van der Waals surface area contributed by atoms with Crippen LogP contribution in [0.25, 0.3) is 10.9 Å². The zero-order chi connectivity index (χ0) is 28.0.